The van der Waals surface area contributed by atoms with Gasteiger partial charge < -0.3 is 4.42 Å². The van der Waals surface area contributed by atoms with E-state index in [0.717, 1.165) is 11.2 Å². The highest BCUT2D eigenvalue weighted by Gasteiger charge is 2.16. The van der Waals surface area contributed by atoms with E-state index in [2.05, 4.69) is 64.1 Å². The summed E-state index contributed by atoms with van der Waals surface area (Å²) in [4.78, 5) is 0. The molecule has 0 N–H and O–H groups in total. The number of benzene rings is 2. The highest BCUT2D eigenvalue weighted by molar-refractivity contribution is 6.05. The number of hydrogen-bond donors (Lipinski definition) is 0. The first-order chi connectivity index (χ1) is 8.45. The minimum atomic E-state index is 0.168. The van der Waals surface area contributed by atoms with Crippen molar-refractivity contribution >= 4 is 21.9 Å². The molecule has 0 bridgehead atoms. The SMILES string of the molecule is Cc1ccc2oc3ccc(C(C)(C)C)cc3c2c1. The lowest BCUT2D eigenvalue weighted by atomic mass is 9.86. The molecule has 0 radical (unpaired) electrons. The Balaban J connectivity index is 2.38. The fraction of sp³-hybridized carbons (Fsp3) is 0.294. The van der Waals surface area contributed by atoms with Crippen molar-refractivity contribution < 1.29 is 4.42 Å². The molecule has 1 heteroatoms. The summed E-state index contributed by atoms with van der Waals surface area (Å²) in [6, 6.07) is 12.9. The van der Waals surface area contributed by atoms with Crippen molar-refractivity contribution in [2.24, 2.45) is 0 Å². The number of aryl methyl sites for hydroxylation is 1. The van der Waals surface area contributed by atoms with Gasteiger partial charge in [-0.3, -0.25) is 0 Å². The lowest BCUT2D eigenvalue weighted by Gasteiger charge is -2.18. The first kappa shape index (κ1) is 11.3. The lowest BCUT2D eigenvalue weighted by Crippen LogP contribution is -2.10. The second-order valence-corrected chi connectivity index (χ2v) is 6.06. The van der Waals surface area contributed by atoms with E-state index in [1.807, 2.05) is 0 Å². The van der Waals surface area contributed by atoms with Crippen LogP contribution in [0.25, 0.3) is 21.9 Å². The van der Waals surface area contributed by atoms with E-state index in [4.69, 9.17) is 4.42 Å². The van der Waals surface area contributed by atoms with E-state index in [9.17, 15) is 0 Å². The van der Waals surface area contributed by atoms with Crippen LogP contribution in [0.1, 0.15) is 31.9 Å². The number of furan rings is 1. The molecule has 18 heavy (non-hydrogen) atoms. The van der Waals surface area contributed by atoms with Gasteiger partial charge in [0.25, 0.3) is 0 Å². The number of hydrogen-bond acceptors (Lipinski definition) is 1. The van der Waals surface area contributed by atoms with Gasteiger partial charge in [0.2, 0.25) is 0 Å². The molecule has 1 aromatic heterocycles. The van der Waals surface area contributed by atoms with Crippen LogP contribution in [0.5, 0.6) is 0 Å². The average molecular weight is 238 g/mol. The van der Waals surface area contributed by atoms with Crippen molar-refractivity contribution in [1.82, 2.24) is 0 Å². The van der Waals surface area contributed by atoms with Gasteiger partial charge >= 0.3 is 0 Å². The van der Waals surface area contributed by atoms with Crippen LogP contribution < -0.4 is 0 Å². The summed E-state index contributed by atoms with van der Waals surface area (Å²) >= 11 is 0. The third-order valence-electron chi connectivity index (χ3n) is 3.49. The molecule has 92 valence electrons. The summed E-state index contributed by atoms with van der Waals surface area (Å²) in [6.45, 7) is 8.83. The summed E-state index contributed by atoms with van der Waals surface area (Å²) in [5.41, 5.74) is 4.73. The van der Waals surface area contributed by atoms with Crippen molar-refractivity contribution in [1.29, 1.82) is 0 Å². The van der Waals surface area contributed by atoms with Crippen LogP contribution in [0.4, 0.5) is 0 Å². The van der Waals surface area contributed by atoms with Crippen molar-refractivity contribution in [3.05, 3.63) is 47.5 Å². The number of rotatable bonds is 0. The molecule has 1 heterocycles. The van der Waals surface area contributed by atoms with Gasteiger partial charge in [0, 0.05) is 10.8 Å². The standard InChI is InChI=1S/C17H18O/c1-11-5-7-15-13(9-11)14-10-12(17(2,3)4)6-8-16(14)18-15/h5-10H,1-4H3. The molecule has 3 aromatic rings. The van der Waals surface area contributed by atoms with E-state index in [0.29, 0.717) is 0 Å². The molecule has 0 aliphatic heterocycles. The summed E-state index contributed by atoms with van der Waals surface area (Å²) in [7, 11) is 0. The lowest BCUT2D eigenvalue weighted by molar-refractivity contribution is 0.590. The van der Waals surface area contributed by atoms with Crippen LogP contribution in [0.2, 0.25) is 0 Å². The maximum atomic E-state index is 5.88. The maximum absolute atomic E-state index is 5.88. The molecule has 1 nitrogen and oxygen atoms in total. The van der Waals surface area contributed by atoms with Crippen molar-refractivity contribution in [3.8, 4) is 0 Å². The maximum Gasteiger partial charge on any atom is 0.135 e. The molecule has 0 fully saturated rings. The molecule has 0 aliphatic carbocycles. The monoisotopic (exact) mass is 238 g/mol. The van der Waals surface area contributed by atoms with Crippen LogP contribution >= 0.6 is 0 Å². The van der Waals surface area contributed by atoms with E-state index in [-0.39, 0.29) is 5.41 Å². The van der Waals surface area contributed by atoms with Gasteiger partial charge in [0.1, 0.15) is 11.2 Å². The van der Waals surface area contributed by atoms with Crippen LogP contribution in [0.15, 0.2) is 40.8 Å². The minimum Gasteiger partial charge on any atom is -0.456 e. The van der Waals surface area contributed by atoms with E-state index in [1.165, 1.54) is 21.9 Å². The molecule has 3 rings (SSSR count). The first-order valence-corrected chi connectivity index (χ1v) is 6.38. The average Bonchev–Trinajstić information content (AvgIpc) is 2.65. The predicted octanol–water partition coefficient (Wildman–Crippen LogP) is 5.19. The Morgan fingerprint density at radius 3 is 2.11 bits per heavy atom. The molecule has 0 unspecified atom stereocenters. The molecule has 0 atom stereocenters. The van der Waals surface area contributed by atoms with Gasteiger partial charge in [-0.2, -0.15) is 0 Å². The molecule has 0 amide bonds. The van der Waals surface area contributed by atoms with Gasteiger partial charge in [-0.05, 0) is 42.2 Å². The van der Waals surface area contributed by atoms with Crippen molar-refractivity contribution in [2.45, 2.75) is 33.1 Å². The summed E-state index contributed by atoms with van der Waals surface area (Å²) < 4.78 is 5.88. The third kappa shape index (κ3) is 1.71. The van der Waals surface area contributed by atoms with Crippen LogP contribution in [-0.2, 0) is 5.41 Å². The van der Waals surface area contributed by atoms with E-state index >= 15 is 0 Å². The molecular weight excluding hydrogens is 220 g/mol. The molecule has 0 saturated heterocycles. The third-order valence-corrected chi connectivity index (χ3v) is 3.49. The minimum absolute atomic E-state index is 0.168. The van der Waals surface area contributed by atoms with E-state index < -0.39 is 0 Å². The normalized spacial score (nSPS) is 12.4. The largest absolute Gasteiger partial charge is 0.456 e. The van der Waals surface area contributed by atoms with Crippen molar-refractivity contribution in [2.75, 3.05) is 0 Å². The highest BCUT2D eigenvalue weighted by Crippen LogP contribution is 2.33. The quantitative estimate of drug-likeness (QED) is 0.525. The van der Waals surface area contributed by atoms with Crippen LogP contribution in [-0.4, -0.2) is 0 Å². The van der Waals surface area contributed by atoms with Gasteiger partial charge in [-0.1, -0.05) is 38.5 Å². The molecule has 0 spiro atoms. The highest BCUT2D eigenvalue weighted by atomic mass is 16.3. The zero-order valence-electron chi connectivity index (χ0n) is 11.4. The Kier molecular flexibility index (Phi) is 2.28. The Morgan fingerprint density at radius 2 is 1.44 bits per heavy atom. The number of fused-ring (bicyclic) bond motifs is 3. The topological polar surface area (TPSA) is 13.1 Å². The Morgan fingerprint density at radius 1 is 0.833 bits per heavy atom. The van der Waals surface area contributed by atoms with E-state index in [1.54, 1.807) is 0 Å². The molecule has 0 saturated carbocycles. The predicted molar refractivity (Wildman–Crippen MR) is 77.2 cm³/mol. The van der Waals surface area contributed by atoms with Gasteiger partial charge in [-0.25, -0.2) is 0 Å². The Labute approximate surface area is 107 Å². The Hall–Kier alpha value is -1.76. The van der Waals surface area contributed by atoms with Gasteiger partial charge in [-0.15, -0.1) is 0 Å². The molecule has 0 aliphatic rings. The van der Waals surface area contributed by atoms with Gasteiger partial charge in [0.05, 0.1) is 0 Å². The van der Waals surface area contributed by atoms with Crippen LogP contribution in [0, 0.1) is 6.92 Å². The summed E-state index contributed by atoms with van der Waals surface area (Å²) in [6.07, 6.45) is 0. The van der Waals surface area contributed by atoms with Gasteiger partial charge in [0.15, 0.2) is 0 Å². The smallest absolute Gasteiger partial charge is 0.135 e. The summed E-state index contributed by atoms with van der Waals surface area (Å²) in [5.74, 6) is 0. The Bertz CT molecular complexity index is 726. The zero-order valence-corrected chi connectivity index (χ0v) is 11.4. The zero-order chi connectivity index (χ0) is 12.9. The second-order valence-electron chi connectivity index (χ2n) is 6.06. The second kappa shape index (κ2) is 3.61. The fourth-order valence-electron chi connectivity index (χ4n) is 2.36. The van der Waals surface area contributed by atoms with Crippen molar-refractivity contribution in [3.63, 3.8) is 0 Å². The van der Waals surface area contributed by atoms with Crippen LogP contribution in [0.3, 0.4) is 0 Å². The summed E-state index contributed by atoms with van der Waals surface area (Å²) in [5, 5.41) is 2.44. The fourth-order valence-corrected chi connectivity index (χ4v) is 2.36. The molecular formula is C17H18O. The molecule has 2 aromatic carbocycles. The first-order valence-electron chi connectivity index (χ1n) is 6.38.